The van der Waals surface area contributed by atoms with Crippen LogP contribution in [0.5, 0.6) is 5.75 Å². The molecule has 1 aliphatic rings. The van der Waals surface area contributed by atoms with Gasteiger partial charge in [0.2, 0.25) is 0 Å². The van der Waals surface area contributed by atoms with Crippen molar-refractivity contribution in [1.29, 1.82) is 0 Å². The summed E-state index contributed by atoms with van der Waals surface area (Å²) in [6.07, 6.45) is 6.62. The Morgan fingerprint density at radius 3 is 2.21 bits per heavy atom. The maximum absolute atomic E-state index is 11.7. The Balaban J connectivity index is 2.17. The Labute approximate surface area is 114 Å². The first-order valence-corrected chi connectivity index (χ1v) is 7.03. The Morgan fingerprint density at radius 1 is 1.16 bits per heavy atom. The number of carboxylic acids is 1. The molecule has 0 radical (unpaired) electrons. The molecule has 1 aliphatic carbocycles. The summed E-state index contributed by atoms with van der Waals surface area (Å²) in [5, 5.41) is 9.65. The lowest BCUT2D eigenvalue weighted by Gasteiger charge is -2.28. The van der Waals surface area contributed by atoms with Crippen molar-refractivity contribution in [2.45, 2.75) is 44.9 Å². The quantitative estimate of drug-likeness (QED) is 0.842. The number of ether oxygens (including phenoxy) is 1. The molecule has 1 aromatic carbocycles. The zero-order valence-corrected chi connectivity index (χ0v) is 11.5. The van der Waals surface area contributed by atoms with Gasteiger partial charge in [-0.25, -0.2) is 0 Å². The van der Waals surface area contributed by atoms with E-state index >= 15 is 0 Å². The van der Waals surface area contributed by atoms with E-state index in [1.807, 2.05) is 24.3 Å². The summed E-state index contributed by atoms with van der Waals surface area (Å²) in [7, 11) is 1.64. The van der Waals surface area contributed by atoms with Crippen molar-refractivity contribution in [2.75, 3.05) is 7.11 Å². The fourth-order valence-corrected chi connectivity index (χ4v) is 3.01. The van der Waals surface area contributed by atoms with E-state index in [0.29, 0.717) is 6.42 Å². The maximum Gasteiger partial charge on any atom is 0.309 e. The second kappa shape index (κ2) is 6.09. The number of rotatable bonds is 4. The Morgan fingerprint density at radius 2 is 1.74 bits per heavy atom. The van der Waals surface area contributed by atoms with E-state index in [-0.39, 0.29) is 0 Å². The van der Waals surface area contributed by atoms with Gasteiger partial charge in [0.15, 0.2) is 0 Å². The van der Waals surface area contributed by atoms with Gasteiger partial charge in [0.1, 0.15) is 5.75 Å². The van der Waals surface area contributed by atoms with Crippen LogP contribution >= 0.6 is 0 Å². The molecule has 0 bridgehead atoms. The highest BCUT2D eigenvalue weighted by Crippen LogP contribution is 2.38. The molecule has 0 atom stereocenters. The van der Waals surface area contributed by atoms with Crippen LogP contribution in [0.25, 0.3) is 0 Å². The molecule has 19 heavy (non-hydrogen) atoms. The van der Waals surface area contributed by atoms with Gasteiger partial charge in [-0.2, -0.15) is 0 Å². The number of methoxy groups -OCH3 is 1. The fraction of sp³-hybridized carbons (Fsp3) is 0.562. The minimum absolute atomic E-state index is 0.564. The topological polar surface area (TPSA) is 46.5 Å². The van der Waals surface area contributed by atoms with Crippen LogP contribution in [0, 0.1) is 5.41 Å². The molecule has 0 spiro atoms. The van der Waals surface area contributed by atoms with Gasteiger partial charge in [-0.05, 0) is 37.0 Å². The summed E-state index contributed by atoms with van der Waals surface area (Å²) >= 11 is 0. The molecule has 1 N–H and O–H groups in total. The predicted molar refractivity (Wildman–Crippen MR) is 74.5 cm³/mol. The van der Waals surface area contributed by atoms with Crippen molar-refractivity contribution in [3.8, 4) is 5.75 Å². The number of carbonyl (C=O) groups is 1. The molecule has 1 aromatic rings. The Hall–Kier alpha value is -1.51. The normalized spacial score (nSPS) is 18.6. The Bertz CT molecular complexity index is 414. The summed E-state index contributed by atoms with van der Waals surface area (Å²) < 4.78 is 5.14. The molecule has 0 heterocycles. The summed E-state index contributed by atoms with van der Waals surface area (Å²) in [5.41, 5.74) is 0.524. The highest BCUT2D eigenvalue weighted by molar-refractivity contribution is 5.75. The number of benzene rings is 1. The van der Waals surface area contributed by atoms with Crippen LogP contribution in [0.3, 0.4) is 0 Å². The van der Waals surface area contributed by atoms with E-state index in [4.69, 9.17) is 4.74 Å². The first kappa shape index (κ1) is 13.9. The average Bonchev–Trinajstić information content (AvgIpc) is 2.66. The van der Waals surface area contributed by atoms with Crippen LogP contribution in [0.2, 0.25) is 0 Å². The molecule has 2 rings (SSSR count). The monoisotopic (exact) mass is 262 g/mol. The van der Waals surface area contributed by atoms with Crippen molar-refractivity contribution in [3.05, 3.63) is 29.8 Å². The van der Waals surface area contributed by atoms with E-state index in [1.165, 1.54) is 0 Å². The van der Waals surface area contributed by atoms with Gasteiger partial charge in [-0.1, -0.05) is 37.8 Å². The van der Waals surface area contributed by atoms with Gasteiger partial charge < -0.3 is 9.84 Å². The van der Waals surface area contributed by atoms with E-state index in [9.17, 15) is 9.90 Å². The lowest BCUT2D eigenvalue weighted by Crippen LogP contribution is -2.32. The molecule has 0 unspecified atom stereocenters. The maximum atomic E-state index is 11.7. The standard InChI is InChI=1S/C16H22O3/c1-19-14-8-6-13(7-9-14)12-16(15(17)18)10-4-2-3-5-11-16/h6-9H,2-5,10-12H2,1H3,(H,17,18). The van der Waals surface area contributed by atoms with E-state index in [1.54, 1.807) is 7.11 Å². The summed E-state index contributed by atoms with van der Waals surface area (Å²) in [4.78, 5) is 11.7. The second-order valence-electron chi connectivity index (χ2n) is 5.52. The van der Waals surface area contributed by atoms with Crippen molar-refractivity contribution in [3.63, 3.8) is 0 Å². The highest BCUT2D eigenvalue weighted by Gasteiger charge is 2.38. The summed E-state index contributed by atoms with van der Waals surface area (Å²) in [6.45, 7) is 0. The minimum Gasteiger partial charge on any atom is -0.497 e. The van der Waals surface area contributed by atoms with Crippen molar-refractivity contribution >= 4 is 5.97 Å². The van der Waals surface area contributed by atoms with Gasteiger partial charge >= 0.3 is 5.97 Å². The van der Waals surface area contributed by atoms with Crippen LogP contribution in [0.1, 0.15) is 44.1 Å². The van der Waals surface area contributed by atoms with Crippen molar-refractivity contribution in [2.24, 2.45) is 5.41 Å². The first-order valence-electron chi connectivity index (χ1n) is 7.03. The fourth-order valence-electron chi connectivity index (χ4n) is 3.01. The highest BCUT2D eigenvalue weighted by atomic mass is 16.5. The molecular formula is C16H22O3. The third-order valence-electron chi connectivity index (χ3n) is 4.22. The molecular weight excluding hydrogens is 240 g/mol. The van der Waals surface area contributed by atoms with Crippen molar-refractivity contribution in [1.82, 2.24) is 0 Å². The van der Waals surface area contributed by atoms with Crippen LogP contribution in [0.15, 0.2) is 24.3 Å². The van der Waals surface area contributed by atoms with Crippen LogP contribution in [0.4, 0.5) is 0 Å². The van der Waals surface area contributed by atoms with Gasteiger partial charge in [0.25, 0.3) is 0 Å². The minimum atomic E-state index is -0.634. The molecule has 0 aromatic heterocycles. The van der Waals surface area contributed by atoms with Gasteiger partial charge in [0.05, 0.1) is 12.5 Å². The molecule has 1 fully saturated rings. The lowest BCUT2D eigenvalue weighted by molar-refractivity contribution is -0.149. The number of hydrogen-bond acceptors (Lipinski definition) is 2. The largest absolute Gasteiger partial charge is 0.497 e. The van der Waals surface area contributed by atoms with E-state index in [2.05, 4.69) is 0 Å². The predicted octanol–water partition coefficient (Wildman–Crippen LogP) is 3.66. The van der Waals surface area contributed by atoms with Crippen molar-refractivity contribution < 1.29 is 14.6 Å². The molecule has 0 amide bonds. The number of carboxylic acid groups (broad SMARTS) is 1. The lowest BCUT2D eigenvalue weighted by atomic mass is 9.75. The van der Waals surface area contributed by atoms with E-state index < -0.39 is 11.4 Å². The van der Waals surface area contributed by atoms with Crippen LogP contribution in [-0.2, 0) is 11.2 Å². The molecule has 3 heteroatoms. The molecule has 3 nitrogen and oxygen atoms in total. The van der Waals surface area contributed by atoms with Crippen LogP contribution in [-0.4, -0.2) is 18.2 Å². The third kappa shape index (κ3) is 3.28. The Kier molecular flexibility index (Phi) is 4.46. The zero-order chi connectivity index (χ0) is 13.7. The molecule has 1 saturated carbocycles. The average molecular weight is 262 g/mol. The number of aliphatic carboxylic acids is 1. The van der Waals surface area contributed by atoms with E-state index in [0.717, 1.165) is 49.8 Å². The first-order chi connectivity index (χ1) is 9.16. The SMILES string of the molecule is COc1ccc(CC2(C(=O)O)CCCCCC2)cc1. The second-order valence-corrected chi connectivity index (χ2v) is 5.52. The van der Waals surface area contributed by atoms with Gasteiger partial charge in [-0.3, -0.25) is 4.79 Å². The van der Waals surface area contributed by atoms with Gasteiger partial charge in [0, 0.05) is 0 Å². The summed E-state index contributed by atoms with van der Waals surface area (Å²) in [5.74, 6) is 0.180. The zero-order valence-electron chi connectivity index (χ0n) is 11.5. The molecule has 104 valence electrons. The van der Waals surface area contributed by atoms with Gasteiger partial charge in [-0.15, -0.1) is 0 Å². The third-order valence-corrected chi connectivity index (χ3v) is 4.22. The number of hydrogen-bond donors (Lipinski definition) is 1. The molecule has 0 saturated heterocycles. The molecule has 0 aliphatic heterocycles. The van der Waals surface area contributed by atoms with Crippen LogP contribution < -0.4 is 4.74 Å². The smallest absolute Gasteiger partial charge is 0.309 e. The summed E-state index contributed by atoms with van der Waals surface area (Å²) in [6, 6.07) is 7.77.